The van der Waals surface area contributed by atoms with E-state index in [0.717, 1.165) is 44.7 Å². The zero-order chi connectivity index (χ0) is 30.1. The van der Waals surface area contributed by atoms with Gasteiger partial charge in [0.2, 0.25) is 0 Å². The summed E-state index contributed by atoms with van der Waals surface area (Å²) < 4.78 is 0. The van der Waals surface area contributed by atoms with Gasteiger partial charge in [-0.15, -0.1) is 0 Å². The van der Waals surface area contributed by atoms with Gasteiger partial charge < -0.3 is 10.8 Å². The van der Waals surface area contributed by atoms with Gasteiger partial charge in [0.1, 0.15) is 0 Å². The van der Waals surface area contributed by atoms with E-state index in [1.165, 1.54) is 0 Å². The van der Waals surface area contributed by atoms with Crippen LogP contribution in [-0.4, -0.2) is 31.4 Å². The molecule has 7 heteroatoms. The third kappa shape index (κ3) is 7.01. The predicted octanol–water partition coefficient (Wildman–Crippen LogP) is 8.52. The molecule has 6 nitrogen and oxygen atoms in total. The van der Waals surface area contributed by atoms with Gasteiger partial charge in [0.05, 0.1) is 22.8 Å². The average Bonchev–Trinajstić information content (AvgIpc) is 3.12. The number of rotatable bonds is 2. The van der Waals surface area contributed by atoms with Gasteiger partial charge in [-0.25, -0.2) is 0 Å². The minimum atomic E-state index is -0.0514. The minimum Gasteiger partial charge on any atom is -0.804 e. The van der Waals surface area contributed by atoms with E-state index in [1.807, 2.05) is 133 Å². The molecule has 0 saturated carbocycles. The van der Waals surface area contributed by atoms with Crippen molar-refractivity contribution in [3.63, 3.8) is 0 Å². The Labute approximate surface area is 274 Å². The quantitative estimate of drug-likeness (QED) is 0.173. The summed E-state index contributed by atoms with van der Waals surface area (Å²) in [4.78, 5) is 16.7. The molecule has 0 atom stereocenters. The van der Waals surface area contributed by atoms with Crippen molar-refractivity contribution in [3.05, 3.63) is 180 Å². The van der Waals surface area contributed by atoms with Crippen LogP contribution >= 0.6 is 0 Å². The Morgan fingerprint density at radius 1 is 0.356 bits per heavy atom. The Morgan fingerprint density at radius 3 is 1.24 bits per heavy atom. The topological polar surface area (TPSA) is 96.2 Å². The first-order valence-electron chi connectivity index (χ1n) is 14.1. The molecule has 7 aromatic rings. The number of pyridine rings is 4. The second-order valence-electron chi connectivity index (χ2n) is 9.81. The summed E-state index contributed by atoms with van der Waals surface area (Å²) in [5.74, 6) is 0. The molecule has 1 aliphatic rings. The predicted molar refractivity (Wildman–Crippen MR) is 179 cm³/mol. The minimum absolute atomic E-state index is 0. The second-order valence-corrected chi connectivity index (χ2v) is 9.81. The fraction of sp³-hybridized carbons (Fsp3) is 0. The molecule has 4 heterocycles. The van der Waals surface area contributed by atoms with E-state index >= 15 is 0 Å². The molecule has 0 spiro atoms. The maximum Gasteiger partial charge on any atom is 2.00 e. The van der Waals surface area contributed by atoms with Crippen LogP contribution in [0.4, 0.5) is 0 Å². The van der Waals surface area contributed by atoms with Crippen molar-refractivity contribution in [3.8, 4) is 33.9 Å². The van der Waals surface area contributed by atoms with Crippen LogP contribution in [-0.2, 0) is 19.5 Å². The van der Waals surface area contributed by atoms with Gasteiger partial charge in [-0.1, -0.05) is 84.9 Å². The molecule has 0 unspecified atom stereocenters. The number of hydrogen-bond donors (Lipinski definition) is 0. The third-order valence-corrected chi connectivity index (χ3v) is 7.05. The number of nitrogens with zero attached hydrogens (tertiary/aromatic N) is 6. The van der Waals surface area contributed by atoms with Crippen molar-refractivity contribution in [2.24, 2.45) is 0 Å². The Balaban J connectivity index is 0.000000139. The maximum absolute atomic E-state index is 10.4. The molecule has 0 fully saturated rings. The molecule has 0 saturated heterocycles. The molecule has 45 heavy (non-hydrogen) atoms. The van der Waals surface area contributed by atoms with Crippen LogP contribution in [0.3, 0.4) is 0 Å². The largest absolute Gasteiger partial charge is 2.00 e. The zero-order valence-corrected chi connectivity index (χ0v) is 25.7. The van der Waals surface area contributed by atoms with Crippen LogP contribution < -0.4 is 0 Å². The first-order valence-corrected chi connectivity index (χ1v) is 14.1. The summed E-state index contributed by atoms with van der Waals surface area (Å²) in [6, 6.07) is 42.7. The smallest absolute Gasteiger partial charge is 0.804 e. The van der Waals surface area contributed by atoms with E-state index in [-0.39, 0.29) is 30.9 Å². The zero-order valence-electron chi connectivity index (χ0n) is 24.0. The molecule has 0 N–H and O–H groups in total. The first-order chi connectivity index (χ1) is 21.7. The van der Waals surface area contributed by atoms with E-state index in [4.69, 9.17) is 0 Å². The number of fused-ring (bicyclic) bond motifs is 5. The van der Waals surface area contributed by atoms with E-state index in [2.05, 4.69) is 19.9 Å². The SMILES string of the molecule is [N-]=C1C(=[N-])c2c(ccc3ccccc23)-c2ccccc21.[Rh+2].c1ccc(-c2ccccn2)nc1.c1ccc(-c2ccccn2)nc1. The van der Waals surface area contributed by atoms with E-state index < -0.39 is 0 Å². The second kappa shape index (κ2) is 14.8. The van der Waals surface area contributed by atoms with Crippen molar-refractivity contribution in [2.45, 2.75) is 0 Å². The summed E-state index contributed by atoms with van der Waals surface area (Å²) in [5, 5.41) is 22.7. The summed E-state index contributed by atoms with van der Waals surface area (Å²) in [6.07, 6.45) is 7.07. The van der Waals surface area contributed by atoms with Gasteiger partial charge in [0.25, 0.3) is 0 Å². The van der Waals surface area contributed by atoms with Crippen LogP contribution in [0, 0.1) is 0 Å². The summed E-state index contributed by atoms with van der Waals surface area (Å²) in [6.45, 7) is 0. The normalized spacial score (nSPS) is 11.0. The van der Waals surface area contributed by atoms with Crippen LogP contribution in [0.15, 0.2) is 158 Å². The number of hydrogen-bond acceptors (Lipinski definition) is 4. The molecule has 217 valence electrons. The maximum atomic E-state index is 10.4. The molecule has 1 radical (unpaired) electrons. The van der Waals surface area contributed by atoms with E-state index in [0.29, 0.717) is 11.1 Å². The van der Waals surface area contributed by atoms with Crippen molar-refractivity contribution < 1.29 is 19.5 Å². The fourth-order valence-electron chi connectivity index (χ4n) is 4.98. The van der Waals surface area contributed by atoms with Crippen LogP contribution in [0.25, 0.3) is 55.5 Å². The van der Waals surface area contributed by atoms with Crippen LogP contribution in [0.5, 0.6) is 0 Å². The molecule has 1 aliphatic carbocycles. The molecule has 0 aliphatic heterocycles. The fourth-order valence-corrected chi connectivity index (χ4v) is 4.98. The third-order valence-electron chi connectivity index (χ3n) is 7.05. The van der Waals surface area contributed by atoms with Gasteiger partial charge in [-0.05, 0) is 81.6 Å². The van der Waals surface area contributed by atoms with Crippen molar-refractivity contribution in [2.75, 3.05) is 0 Å². The molecule has 3 aromatic carbocycles. The van der Waals surface area contributed by atoms with Crippen molar-refractivity contribution in [1.29, 1.82) is 0 Å². The molecule has 8 rings (SSSR count). The standard InChI is InChI=1S/C18H10N2.2C10H8N2.Rh/c19-17-15-8-4-3-7-13(15)14-10-9-11-5-1-2-6-12(11)16(14)18(17)20;2*1-3-7-11-9(5-1)10-6-2-4-8-12-10;/h1-10H;2*1-8H;/q-2;;;+2. The Bertz CT molecular complexity index is 1880. The first kappa shape index (κ1) is 30.9. The van der Waals surface area contributed by atoms with Gasteiger partial charge >= 0.3 is 19.5 Å². The van der Waals surface area contributed by atoms with Crippen LogP contribution in [0.2, 0.25) is 0 Å². The summed E-state index contributed by atoms with van der Waals surface area (Å²) >= 11 is 0. The van der Waals surface area contributed by atoms with Gasteiger partial charge in [0, 0.05) is 24.8 Å². The monoisotopic (exact) mass is 669 g/mol. The van der Waals surface area contributed by atoms with Crippen molar-refractivity contribution >= 4 is 22.2 Å². The molecular weight excluding hydrogens is 643 g/mol. The Morgan fingerprint density at radius 2 is 0.778 bits per heavy atom. The van der Waals surface area contributed by atoms with Gasteiger partial charge in [-0.2, -0.15) is 11.4 Å². The van der Waals surface area contributed by atoms with Gasteiger partial charge in [0.15, 0.2) is 0 Å². The number of aromatic nitrogens is 4. The summed E-state index contributed by atoms with van der Waals surface area (Å²) in [5.41, 5.74) is 6.84. The summed E-state index contributed by atoms with van der Waals surface area (Å²) in [7, 11) is 0. The van der Waals surface area contributed by atoms with Gasteiger partial charge in [-0.3, -0.25) is 19.9 Å². The van der Waals surface area contributed by atoms with E-state index in [9.17, 15) is 10.8 Å². The Hall–Kier alpha value is -5.52. The average molecular weight is 670 g/mol. The van der Waals surface area contributed by atoms with Crippen molar-refractivity contribution in [1.82, 2.24) is 19.9 Å². The molecule has 4 aromatic heterocycles. The van der Waals surface area contributed by atoms with Crippen LogP contribution in [0.1, 0.15) is 11.1 Å². The molecule has 0 amide bonds. The Kier molecular flexibility index (Phi) is 10.2. The van der Waals surface area contributed by atoms with E-state index in [1.54, 1.807) is 24.8 Å². The molecule has 0 bridgehead atoms. The number of benzene rings is 3. The molecular formula is C38H26N6Rh.